The van der Waals surface area contributed by atoms with Gasteiger partial charge in [-0.1, -0.05) is 11.3 Å². The maximum absolute atomic E-state index is 12.9. The summed E-state index contributed by atoms with van der Waals surface area (Å²) in [6, 6.07) is 2.97. The largest absolute Gasteiger partial charge is 0.470 e. The van der Waals surface area contributed by atoms with Crippen molar-refractivity contribution in [2.75, 3.05) is 19.7 Å². The van der Waals surface area contributed by atoms with E-state index in [1.54, 1.807) is 17.2 Å². The molecule has 2 aromatic heterocycles. The Bertz CT molecular complexity index is 736. The monoisotopic (exact) mass is 365 g/mol. The first-order valence-electron chi connectivity index (χ1n) is 7.98. The third-order valence-corrected chi connectivity index (χ3v) is 4.51. The summed E-state index contributed by atoms with van der Waals surface area (Å²) in [6.07, 6.45) is 2.86. The number of amides is 1. The molecule has 0 saturated carbocycles. The van der Waals surface area contributed by atoms with Crippen LogP contribution in [0.3, 0.4) is 0 Å². The summed E-state index contributed by atoms with van der Waals surface area (Å²) in [5.41, 5.74) is 0.319. The molecule has 8 heteroatoms. The van der Waals surface area contributed by atoms with Crippen LogP contribution in [-0.2, 0) is 4.74 Å². The second-order valence-electron chi connectivity index (χ2n) is 6.92. The van der Waals surface area contributed by atoms with Crippen molar-refractivity contribution in [2.24, 2.45) is 5.92 Å². The number of carbonyl (C=O) groups excluding carboxylic acids is 1. The summed E-state index contributed by atoms with van der Waals surface area (Å²) < 4.78 is 23.9. The highest BCUT2D eigenvalue weighted by Crippen LogP contribution is 2.30. The van der Waals surface area contributed by atoms with E-state index in [1.807, 2.05) is 20.8 Å². The average molecular weight is 365 g/mol. The number of hydrogen-bond donors (Lipinski definition) is 0. The lowest BCUT2D eigenvalue weighted by Gasteiger charge is -2.39. The molecule has 0 bridgehead atoms. The Balaban J connectivity index is 1.45. The molecule has 3 heterocycles. The van der Waals surface area contributed by atoms with Gasteiger partial charge in [0, 0.05) is 37.0 Å². The van der Waals surface area contributed by atoms with E-state index in [0.717, 1.165) is 10.4 Å². The van der Waals surface area contributed by atoms with Crippen LogP contribution in [-0.4, -0.2) is 46.3 Å². The van der Waals surface area contributed by atoms with E-state index in [2.05, 4.69) is 9.97 Å². The molecule has 1 aliphatic heterocycles. The number of pyridine rings is 1. The molecular weight excluding hydrogens is 345 g/mol. The normalized spacial score (nSPS) is 15.0. The van der Waals surface area contributed by atoms with Crippen molar-refractivity contribution >= 4 is 17.4 Å². The predicted octanol–water partition coefficient (Wildman–Crippen LogP) is 3.59. The zero-order valence-electron chi connectivity index (χ0n) is 14.4. The first-order valence-corrected chi connectivity index (χ1v) is 8.80. The Kier molecular flexibility index (Phi) is 4.89. The molecule has 134 valence electrons. The topological polar surface area (TPSA) is 64.5 Å². The highest BCUT2D eigenvalue weighted by Gasteiger charge is 2.34. The van der Waals surface area contributed by atoms with E-state index < -0.39 is 11.5 Å². The molecule has 1 saturated heterocycles. The molecule has 0 N–H and O–H groups in total. The quantitative estimate of drug-likeness (QED) is 0.775. The summed E-state index contributed by atoms with van der Waals surface area (Å²) in [7, 11) is 0. The lowest BCUT2D eigenvalue weighted by molar-refractivity contribution is -0.00782. The van der Waals surface area contributed by atoms with Crippen LogP contribution in [0.1, 0.15) is 20.8 Å². The van der Waals surface area contributed by atoms with Gasteiger partial charge >= 0.3 is 6.09 Å². The van der Waals surface area contributed by atoms with Gasteiger partial charge in [-0.05, 0) is 32.9 Å². The van der Waals surface area contributed by atoms with Crippen molar-refractivity contribution in [2.45, 2.75) is 26.4 Å². The van der Waals surface area contributed by atoms with E-state index in [4.69, 9.17) is 9.47 Å². The van der Waals surface area contributed by atoms with E-state index in [0.29, 0.717) is 24.9 Å². The van der Waals surface area contributed by atoms with Crippen LogP contribution in [0.2, 0.25) is 0 Å². The van der Waals surface area contributed by atoms with E-state index in [1.165, 1.54) is 23.6 Å². The molecule has 1 fully saturated rings. The molecule has 25 heavy (non-hydrogen) atoms. The van der Waals surface area contributed by atoms with Crippen molar-refractivity contribution in [1.82, 2.24) is 14.9 Å². The fourth-order valence-corrected chi connectivity index (χ4v) is 3.08. The minimum absolute atomic E-state index is 0.271. The van der Waals surface area contributed by atoms with Gasteiger partial charge < -0.3 is 14.4 Å². The Morgan fingerprint density at radius 3 is 2.72 bits per heavy atom. The minimum atomic E-state index is -0.510. The molecule has 1 amide bonds. The van der Waals surface area contributed by atoms with Gasteiger partial charge in [0.1, 0.15) is 5.60 Å². The van der Waals surface area contributed by atoms with Crippen LogP contribution in [0.5, 0.6) is 5.19 Å². The van der Waals surface area contributed by atoms with Gasteiger partial charge in [0.05, 0.1) is 11.5 Å². The number of carbonyl (C=O) groups is 1. The molecule has 0 aromatic carbocycles. The van der Waals surface area contributed by atoms with Crippen LogP contribution in [0.15, 0.2) is 24.5 Å². The van der Waals surface area contributed by atoms with Gasteiger partial charge in [-0.2, -0.15) is 4.39 Å². The van der Waals surface area contributed by atoms with Crippen LogP contribution in [0.25, 0.3) is 10.4 Å². The average Bonchev–Trinajstić information content (AvgIpc) is 2.93. The van der Waals surface area contributed by atoms with Gasteiger partial charge in [-0.15, -0.1) is 0 Å². The number of aromatic nitrogens is 2. The molecule has 0 spiro atoms. The van der Waals surface area contributed by atoms with Crippen molar-refractivity contribution in [1.29, 1.82) is 0 Å². The fourth-order valence-electron chi connectivity index (χ4n) is 2.32. The Labute approximate surface area is 149 Å². The van der Waals surface area contributed by atoms with Gasteiger partial charge in [0.15, 0.2) is 0 Å². The molecule has 0 atom stereocenters. The van der Waals surface area contributed by atoms with Gasteiger partial charge in [0.25, 0.3) is 5.19 Å². The van der Waals surface area contributed by atoms with E-state index >= 15 is 0 Å². The Morgan fingerprint density at radius 1 is 1.32 bits per heavy atom. The number of hydrogen-bond acceptors (Lipinski definition) is 6. The number of halogens is 1. The fraction of sp³-hybridized carbons (Fsp3) is 0.471. The number of thiazole rings is 1. The SMILES string of the molecule is CC(C)(C)OC(=O)N1CC(COc2ncc(-c3ccc(F)nc3)s2)C1. The number of rotatable bonds is 4. The molecule has 0 aliphatic carbocycles. The minimum Gasteiger partial charge on any atom is -0.470 e. The van der Waals surface area contributed by atoms with Crippen molar-refractivity contribution in [3.8, 4) is 15.6 Å². The number of ether oxygens (including phenoxy) is 2. The molecule has 3 rings (SSSR count). The third-order valence-electron chi connectivity index (χ3n) is 3.55. The van der Waals surface area contributed by atoms with Crippen LogP contribution < -0.4 is 4.74 Å². The summed E-state index contributed by atoms with van der Waals surface area (Å²) in [4.78, 5) is 22.2. The lowest BCUT2D eigenvalue weighted by atomic mass is 10.0. The third kappa shape index (κ3) is 4.66. The second kappa shape index (κ2) is 6.95. The zero-order valence-corrected chi connectivity index (χ0v) is 15.2. The maximum Gasteiger partial charge on any atom is 0.410 e. The van der Waals surface area contributed by atoms with Gasteiger partial charge in [-0.3, -0.25) is 0 Å². The molecule has 0 radical (unpaired) electrons. The number of nitrogens with zero attached hydrogens (tertiary/aromatic N) is 3. The Morgan fingerprint density at radius 2 is 2.08 bits per heavy atom. The van der Waals surface area contributed by atoms with Crippen molar-refractivity contribution < 1.29 is 18.7 Å². The molecule has 2 aromatic rings. The molecule has 0 unspecified atom stereocenters. The van der Waals surface area contributed by atoms with Crippen molar-refractivity contribution in [3.05, 3.63) is 30.5 Å². The zero-order chi connectivity index (χ0) is 18.0. The standard InChI is InChI=1S/C17H20FN3O3S/c1-17(2,3)24-16(22)21-8-11(9-21)10-23-15-20-7-13(25-15)12-4-5-14(18)19-6-12/h4-7,11H,8-10H2,1-3H3. The highest BCUT2D eigenvalue weighted by atomic mass is 32.1. The van der Waals surface area contributed by atoms with Crippen LogP contribution >= 0.6 is 11.3 Å². The van der Waals surface area contributed by atoms with Crippen molar-refractivity contribution in [3.63, 3.8) is 0 Å². The Hall–Kier alpha value is -2.22. The first-order chi connectivity index (χ1) is 11.8. The summed E-state index contributed by atoms with van der Waals surface area (Å²) >= 11 is 1.38. The summed E-state index contributed by atoms with van der Waals surface area (Å²) in [5, 5.41) is 0.551. The maximum atomic E-state index is 12.9. The van der Waals surface area contributed by atoms with Gasteiger partial charge in [-0.25, -0.2) is 14.8 Å². The van der Waals surface area contributed by atoms with E-state index in [9.17, 15) is 9.18 Å². The smallest absolute Gasteiger partial charge is 0.410 e. The first kappa shape index (κ1) is 17.6. The van der Waals surface area contributed by atoms with Crippen LogP contribution in [0, 0.1) is 11.9 Å². The molecular formula is C17H20FN3O3S. The lowest BCUT2D eigenvalue weighted by Crippen LogP contribution is -2.53. The number of likely N-dealkylation sites (tertiary alicyclic amines) is 1. The van der Waals surface area contributed by atoms with Crippen LogP contribution in [0.4, 0.5) is 9.18 Å². The highest BCUT2D eigenvalue weighted by molar-refractivity contribution is 7.16. The molecule has 6 nitrogen and oxygen atoms in total. The van der Waals surface area contributed by atoms with Gasteiger partial charge in [0.2, 0.25) is 5.95 Å². The second-order valence-corrected chi connectivity index (χ2v) is 7.92. The summed E-state index contributed by atoms with van der Waals surface area (Å²) in [5.74, 6) is -0.239. The summed E-state index contributed by atoms with van der Waals surface area (Å²) in [6.45, 7) is 7.28. The molecule has 1 aliphatic rings. The predicted molar refractivity (Wildman–Crippen MR) is 92.1 cm³/mol. The van der Waals surface area contributed by atoms with E-state index in [-0.39, 0.29) is 12.0 Å².